The molecule has 0 spiro atoms. The van der Waals surface area contributed by atoms with Crippen LogP contribution in [0, 0.1) is 0 Å². The van der Waals surface area contributed by atoms with Crippen LogP contribution in [0.1, 0.15) is 53.0 Å². The third kappa shape index (κ3) is 10.7. The zero-order valence-electron chi connectivity index (χ0n) is 30.3. The minimum atomic E-state index is -1.68. The van der Waals surface area contributed by atoms with Crippen molar-refractivity contribution < 1.29 is 74.0 Å². The van der Waals surface area contributed by atoms with Crippen molar-refractivity contribution in [3.8, 4) is 5.75 Å². The third-order valence-corrected chi connectivity index (χ3v) is 9.54. The van der Waals surface area contributed by atoms with Gasteiger partial charge in [-0.15, -0.1) is 6.58 Å². The highest BCUT2D eigenvalue weighted by atomic mass is 16.8. The SMILES string of the molecule is C=C[C@](C)(CCC=C(C)C)O[C@@H]1O[C@H](CO[C@@H]2O[C@@H](C)[C@H](OC/C=C/c3ccc(O)cc3)[C@@H](O[C@@H]3O[C@@H](C)[C@H](O)[C@@H](O)[C@H]3O)[C@H]2O)[C@@H](O)[C@H](O)[C@H]1O. The number of phenols is 1. The summed E-state index contributed by atoms with van der Waals surface area (Å²) in [6.45, 7) is 12.3. The fourth-order valence-corrected chi connectivity index (χ4v) is 6.19. The average molecular weight is 741 g/mol. The first kappa shape index (κ1) is 42.4. The lowest BCUT2D eigenvalue weighted by Crippen LogP contribution is -2.64. The van der Waals surface area contributed by atoms with Crippen molar-refractivity contribution in [2.75, 3.05) is 13.2 Å². The number of hydrogen-bond donors (Lipinski definition) is 8. The van der Waals surface area contributed by atoms with Gasteiger partial charge in [-0.1, -0.05) is 42.0 Å². The van der Waals surface area contributed by atoms with E-state index in [1.54, 1.807) is 56.3 Å². The number of ether oxygens (including phenoxy) is 7. The van der Waals surface area contributed by atoms with E-state index in [1.165, 1.54) is 6.92 Å². The van der Waals surface area contributed by atoms with E-state index < -0.39 is 104 Å². The zero-order chi connectivity index (χ0) is 38.3. The highest BCUT2D eigenvalue weighted by Gasteiger charge is 2.52. The summed E-state index contributed by atoms with van der Waals surface area (Å²) >= 11 is 0. The predicted molar refractivity (Wildman–Crippen MR) is 185 cm³/mol. The van der Waals surface area contributed by atoms with Crippen LogP contribution in [-0.2, 0) is 33.2 Å². The smallest absolute Gasteiger partial charge is 0.187 e. The maximum atomic E-state index is 11.5. The van der Waals surface area contributed by atoms with E-state index >= 15 is 0 Å². The van der Waals surface area contributed by atoms with E-state index in [9.17, 15) is 40.9 Å². The highest BCUT2D eigenvalue weighted by Crippen LogP contribution is 2.33. The van der Waals surface area contributed by atoms with Crippen LogP contribution < -0.4 is 0 Å². The molecule has 3 saturated heterocycles. The maximum Gasteiger partial charge on any atom is 0.187 e. The van der Waals surface area contributed by atoms with E-state index in [4.69, 9.17) is 33.2 Å². The van der Waals surface area contributed by atoms with Gasteiger partial charge < -0.3 is 74.0 Å². The normalized spacial score (nSPS) is 39.6. The summed E-state index contributed by atoms with van der Waals surface area (Å²) in [7, 11) is 0. The summed E-state index contributed by atoms with van der Waals surface area (Å²) in [5.41, 5.74) is 0.972. The van der Waals surface area contributed by atoms with Crippen molar-refractivity contribution in [2.45, 2.75) is 145 Å². The Labute approximate surface area is 304 Å². The van der Waals surface area contributed by atoms with Crippen LogP contribution in [0.15, 0.2) is 54.6 Å². The first-order chi connectivity index (χ1) is 24.5. The van der Waals surface area contributed by atoms with Gasteiger partial charge in [0.2, 0.25) is 0 Å². The van der Waals surface area contributed by atoms with E-state index in [-0.39, 0.29) is 12.4 Å². The van der Waals surface area contributed by atoms with Gasteiger partial charge in [0.1, 0.15) is 66.8 Å². The monoisotopic (exact) mass is 740 g/mol. The van der Waals surface area contributed by atoms with Gasteiger partial charge in [0, 0.05) is 0 Å². The first-order valence-corrected chi connectivity index (χ1v) is 17.6. The Morgan fingerprint density at radius 2 is 1.40 bits per heavy atom. The Balaban J connectivity index is 1.47. The summed E-state index contributed by atoms with van der Waals surface area (Å²) in [5.74, 6) is 0.124. The lowest BCUT2D eigenvalue weighted by molar-refractivity contribution is -0.364. The molecule has 0 unspecified atom stereocenters. The van der Waals surface area contributed by atoms with Crippen LogP contribution in [0.3, 0.4) is 0 Å². The molecule has 1 aromatic carbocycles. The van der Waals surface area contributed by atoms with Crippen molar-refractivity contribution in [2.24, 2.45) is 0 Å². The Morgan fingerprint density at radius 1 is 0.769 bits per heavy atom. The van der Waals surface area contributed by atoms with Crippen molar-refractivity contribution in [3.63, 3.8) is 0 Å². The molecule has 3 aliphatic heterocycles. The van der Waals surface area contributed by atoms with E-state index in [1.807, 2.05) is 19.9 Å². The Kier molecular flexibility index (Phi) is 15.4. The van der Waals surface area contributed by atoms with Gasteiger partial charge in [0.15, 0.2) is 18.9 Å². The molecule has 0 radical (unpaired) electrons. The van der Waals surface area contributed by atoms with Gasteiger partial charge in [-0.2, -0.15) is 0 Å². The Hall–Kier alpha value is -2.32. The van der Waals surface area contributed by atoms with Gasteiger partial charge in [0.05, 0.1) is 31.0 Å². The number of rotatable bonds is 15. The number of aromatic hydroxyl groups is 1. The van der Waals surface area contributed by atoms with E-state index in [2.05, 4.69) is 6.58 Å². The van der Waals surface area contributed by atoms with Crippen LogP contribution in [-0.4, -0.2) is 152 Å². The van der Waals surface area contributed by atoms with Gasteiger partial charge in [0.25, 0.3) is 0 Å². The van der Waals surface area contributed by atoms with E-state index in [0.717, 1.165) is 11.1 Å². The lowest BCUT2D eigenvalue weighted by Gasteiger charge is -2.47. The molecule has 8 N–H and O–H groups in total. The number of hydrogen-bond acceptors (Lipinski definition) is 15. The largest absolute Gasteiger partial charge is 0.508 e. The number of aliphatic hydroxyl groups is 7. The predicted octanol–water partition coefficient (Wildman–Crippen LogP) is 0.641. The standard InChI is InChI=1S/C37H56O15/c1-7-37(6,16-8-10-19(2)3)52-36-30(44)28(42)26(40)24(50-36)18-47-34-31(45)33(51-35-29(43)27(41)25(39)20(4)48-35)32(21(5)49-34)46-17-9-11-22-12-14-23(38)15-13-22/h7,9-15,20-21,24-36,38-45H,1,8,16-18H2,2-6H3/b11-9+/t20-,21-,24+,25-,26+,27+,28-,29+,30+,31+,32-,33-,34+,35-,36-,37+/m0/s1. The second-order valence-corrected chi connectivity index (χ2v) is 14.1. The fourth-order valence-electron chi connectivity index (χ4n) is 6.19. The molecular formula is C37H56O15. The van der Waals surface area contributed by atoms with Gasteiger partial charge in [-0.3, -0.25) is 0 Å². The summed E-state index contributed by atoms with van der Waals surface area (Å²) in [6, 6.07) is 6.50. The van der Waals surface area contributed by atoms with Crippen LogP contribution in [0.25, 0.3) is 6.08 Å². The van der Waals surface area contributed by atoms with Crippen LogP contribution in [0.2, 0.25) is 0 Å². The summed E-state index contributed by atoms with van der Waals surface area (Å²) in [4.78, 5) is 0. The number of benzene rings is 1. The van der Waals surface area contributed by atoms with Gasteiger partial charge in [-0.05, 0) is 65.2 Å². The topological polar surface area (TPSA) is 226 Å². The second kappa shape index (κ2) is 18.8. The Bertz CT molecular complexity index is 1320. The maximum absolute atomic E-state index is 11.5. The second-order valence-electron chi connectivity index (χ2n) is 14.1. The summed E-state index contributed by atoms with van der Waals surface area (Å²) in [5, 5.41) is 84.6. The molecule has 3 aliphatic rings. The lowest BCUT2D eigenvalue weighted by atomic mass is 9.96. The van der Waals surface area contributed by atoms with Crippen molar-refractivity contribution in [3.05, 3.63) is 60.2 Å². The molecule has 3 fully saturated rings. The molecule has 15 nitrogen and oxygen atoms in total. The van der Waals surface area contributed by atoms with Crippen molar-refractivity contribution in [1.82, 2.24) is 0 Å². The average Bonchev–Trinajstić information content (AvgIpc) is 3.10. The molecule has 0 bridgehead atoms. The molecule has 15 heteroatoms. The molecule has 0 aromatic heterocycles. The van der Waals surface area contributed by atoms with Gasteiger partial charge >= 0.3 is 0 Å². The van der Waals surface area contributed by atoms with Crippen molar-refractivity contribution in [1.29, 1.82) is 0 Å². The molecule has 3 heterocycles. The van der Waals surface area contributed by atoms with Crippen LogP contribution in [0.4, 0.5) is 0 Å². The van der Waals surface area contributed by atoms with Gasteiger partial charge in [-0.25, -0.2) is 0 Å². The molecule has 0 saturated carbocycles. The molecule has 1 aromatic rings. The third-order valence-electron chi connectivity index (χ3n) is 9.54. The molecule has 52 heavy (non-hydrogen) atoms. The molecule has 16 atom stereocenters. The van der Waals surface area contributed by atoms with Crippen LogP contribution in [0.5, 0.6) is 5.75 Å². The first-order valence-electron chi connectivity index (χ1n) is 17.6. The summed E-state index contributed by atoms with van der Waals surface area (Å²) < 4.78 is 41.6. The quantitative estimate of drug-likeness (QED) is 0.116. The number of aliphatic hydroxyl groups excluding tert-OH is 7. The minimum Gasteiger partial charge on any atom is -0.508 e. The van der Waals surface area contributed by atoms with Crippen molar-refractivity contribution >= 4 is 6.08 Å². The fraction of sp³-hybridized carbons (Fsp3) is 0.676. The molecule has 0 aliphatic carbocycles. The molecular weight excluding hydrogens is 684 g/mol. The zero-order valence-corrected chi connectivity index (χ0v) is 30.3. The Morgan fingerprint density at radius 3 is 2.06 bits per heavy atom. The minimum absolute atomic E-state index is 0.0326. The summed E-state index contributed by atoms with van der Waals surface area (Å²) in [6.07, 6.45) is -12.3. The number of allylic oxidation sites excluding steroid dienone is 2. The van der Waals surface area contributed by atoms with Crippen LogP contribution >= 0.6 is 0 Å². The number of phenolic OH excluding ortho intramolecular Hbond substituents is 1. The van der Waals surface area contributed by atoms with E-state index in [0.29, 0.717) is 12.8 Å². The highest BCUT2D eigenvalue weighted by molar-refractivity contribution is 5.50. The molecule has 294 valence electrons. The molecule has 0 amide bonds. The molecule has 4 rings (SSSR count).